The average Bonchev–Trinajstić information content (AvgIpc) is 3.70. The molecule has 1 spiro atoms. The van der Waals surface area contributed by atoms with Crippen molar-refractivity contribution in [1.29, 1.82) is 0 Å². The summed E-state index contributed by atoms with van der Waals surface area (Å²) in [7, 11) is 0. The van der Waals surface area contributed by atoms with Gasteiger partial charge in [0.25, 0.3) is 0 Å². The van der Waals surface area contributed by atoms with E-state index >= 15 is 0 Å². The van der Waals surface area contributed by atoms with E-state index < -0.39 is 29.6 Å². The van der Waals surface area contributed by atoms with E-state index in [1.807, 2.05) is 31.2 Å². The second kappa shape index (κ2) is 11.6. The lowest BCUT2D eigenvalue weighted by Gasteiger charge is -2.34. The summed E-state index contributed by atoms with van der Waals surface area (Å²) in [5.41, 5.74) is 0.866. The molecule has 222 valence electrons. The molecule has 1 aromatic heterocycles. The number of ether oxygens (including phenoxy) is 2. The van der Waals surface area contributed by atoms with Crippen LogP contribution < -0.4 is 15.4 Å². The van der Waals surface area contributed by atoms with Crippen molar-refractivity contribution in [1.82, 2.24) is 25.2 Å². The number of anilines is 1. The number of hydrogen-bond acceptors (Lipinski definition) is 8. The predicted octanol–water partition coefficient (Wildman–Crippen LogP) is 2.06. The molecule has 3 N–H and O–H groups in total. The summed E-state index contributed by atoms with van der Waals surface area (Å²) in [4.78, 5) is 43.0. The lowest BCUT2D eigenvalue weighted by atomic mass is 9.70. The van der Waals surface area contributed by atoms with E-state index in [2.05, 4.69) is 36.9 Å². The van der Waals surface area contributed by atoms with Crippen molar-refractivity contribution >= 4 is 50.4 Å². The van der Waals surface area contributed by atoms with Gasteiger partial charge >= 0.3 is 0 Å². The largest absolute Gasteiger partial charge is 0.494 e. The van der Waals surface area contributed by atoms with Gasteiger partial charge in [0.05, 0.1) is 30.1 Å². The third kappa shape index (κ3) is 4.82. The number of aliphatic hydroxyl groups excluding tert-OH is 1. The minimum atomic E-state index is -1.18. The fourth-order valence-electron chi connectivity index (χ4n) is 6.67. The van der Waals surface area contributed by atoms with E-state index in [9.17, 15) is 19.5 Å². The van der Waals surface area contributed by atoms with E-state index in [0.29, 0.717) is 42.8 Å². The molecule has 2 bridgehead atoms. The molecule has 3 aliphatic rings. The van der Waals surface area contributed by atoms with Crippen LogP contribution in [0.1, 0.15) is 26.2 Å². The maximum Gasteiger partial charge on any atom is 0.247 e. The molecule has 2 aromatic carbocycles. The third-order valence-electron chi connectivity index (χ3n) is 8.40. The Kier molecular flexibility index (Phi) is 7.90. The van der Waals surface area contributed by atoms with E-state index in [1.54, 1.807) is 28.9 Å². The SMILES string of the molecule is CCOc1ccc(NC(=O)[C@H]2[C@H]3C(=O)N(CCCCO)C(C(=O)NCn4nnc5ccccc54)C34CC(Br)[C@@H]2O4)cc1. The number of nitrogens with zero attached hydrogens (tertiary/aromatic N) is 4. The van der Waals surface area contributed by atoms with Gasteiger partial charge in [0.2, 0.25) is 17.7 Å². The first-order chi connectivity index (χ1) is 20.4. The van der Waals surface area contributed by atoms with Crippen molar-refractivity contribution < 1.29 is 29.0 Å². The normalized spacial score (nSPS) is 27.8. The Hall–Kier alpha value is -3.55. The van der Waals surface area contributed by atoms with Crippen molar-refractivity contribution in [3.63, 3.8) is 0 Å². The van der Waals surface area contributed by atoms with Gasteiger partial charge in [-0.3, -0.25) is 14.4 Å². The number of fused-ring (bicyclic) bond motifs is 2. The number of likely N-dealkylation sites (tertiary alicyclic amines) is 1. The fourth-order valence-corrected chi connectivity index (χ4v) is 7.62. The molecule has 3 fully saturated rings. The zero-order valence-electron chi connectivity index (χ0n) is 23.1. The summed E-state index contributed by atoms with van der Waals surface area (Å²) in [5, 5.41) is 23.5. The molecule has 42 heavy (non-hydrogen) atoms. The van der Waals surface area contributed by atoms with E-state index in [1.165, 1.54) is 4.90 Å². The Morgan fingerprint density at radius 3 is 2.71 bits per heavy atom. The first-order valence-corrected chi connectivity index (χ1v) is 15.1. The van der Waals surface area contributed by atoms with Crippen LogP contribution in [0, 0.1) is 11.8 Å². The molecular formula is C29H33BrN6O6. The number of aliphatic hydroxyl groups is 1. The topological polar surface area (TPSA) is 148 Å². The number of rotatable bonds is 11. The van der Waals surface area contributed by atoms with Crippen LogP contribution in [-0.4, -0.2) is 85.1 Å². The van der Waals surface area contributed by atoms with Gasteiger partial charge in [0.15, 0.2) is 0 Å². The summed E-state index contributed by atoms with van der Waals surface area (Å²) in [6.45, 7) is 2.72. The summed E-state index contributed by atoms with van der Waals surface area (Å²) in [6, 6.07) is 13.5. The minimum Gasteiger partial charge on any atom is -0.494 e. The highest BCUT2D eigenvalue weighted by Crippen LogP contribution is 2.60. The molecule has 13 heteroatoms. The second-order valence-electron chi connectivity index (χ2n) is 10.8. The number of para-hydroxylation sites is 1. The molecule has 3 aliphatic heterocycles. The molecule has 4 heterocycles. The Labute approximate surface area is 250 Å². The number of benzene rings is 2. The molecule has 3 saturated heterocycles. The zero-order valence-corrected chi connectivity index (χ0v) is 24.7. The molecule has 0 aliphatic carbocycles. The Morgan fingerprint density at radius 1 is 1.17 bits per heavy atom. The maximum absolute atomic E-state index is 14.0. The van der Waals surface area contributed by atoms with Gasteiger partial charge in [-0.15, -0.1) is 5.10 Å². The van der Waals surface area contributed by atoms with Crippen LogP contribution >= 0.6 is 15.9 Å². The molecule has 6 rings (SSSR count). The highest BCUT2D eigenvalue weighted by Gasteiger charge is 2.76. The van der Waals surface area contributed by atoms with Crippen molar-refractivity contribution in [3.8, 4) is 5.75 Å². The van der Waals surface area contributed by atoms with Gasteiger partial charge < -0.3 is 30.1 Å². The first-order valence-electron chi connectivity index (χ1n) is 14.2. The number of carbonyl (C=O) groups is 3. The van der Waals surface area contributed by atoms with Crippen LogP contribution in [0.4, 0.5) is 5.69 Å². The van der Waals surface area contributed by atoms with Crippen LogP contribution in [0.2, 0.25) is 0 Å². The molecule has 0 radical (unpaired) electrons. The summed E-state index contributed by atoms with van der Waals surface area (Å²) in [5.74, 6) is -1.93. The van der Waals surface area contributed by atoms with E-state index in [4.69, 9.17) is 9.47 Å². The number of carbonyl (C=O) groups excluding carboxylic acids is 3. The van der Waals surface area contributed by atoms with Gasteiger partial charge in [0.1, 0.15) is 29.6 Å². The number of unbranched alkanes of at least 4 members (excludes halogenated alkanes) is 1. The lowest BCUT2D eigenvalue weighted by molar-refractivity contribution is -0.141. The number of alkyl halides is 1. The third-order valence-corrected chi connectivity index (χ3v) is 9.25. The zero-order chi connectivity index (χ0) is 29.4. The van der Waals surface area contributed by atoms with Crippen LogP contribution in [0.15, 0.2) is 48.5 Å². The van der Waals surface area contributed by atoms with E-state index in [-0.39, 0.29) is 42.4 Å². The van der Waals surface area contributed by atoms with Gasteiger partial charge in [-0.1, -0.05) is 33.3 Å². The van der Waals surface area contributed by atoms with Crippen molar-refractivity contribution in [2.75, 3.05) is 25.1 Å². The van der Waals surface area contributed by atoms with Gasteiger partial charge in [-0.05, 0) is 62.6 Å². The molecule has 0 saturated carbocycles. The van der Waals surface area contributed by atoms with Crippen LogP contribution in [0.25, 0.3) is 11.0 Å². The Balaban J connectivity index is 1.26. The molecule has 6 atom stereocenters. The van der Waals surface area contributed by atoms with Crippen molar-refractivity contribution in [2.45, 2.75) is 55.4 Å². The molecule has 3 amide bonds. The molecule has 12 nitrogen and oxygen atoms in total. The van der Waals surface area contributed by atoms with E-state index in [0.717, 1.165) is 5.52 Å². The molecule has 3 aromatic rings. The van der Waals surface area contributed by atoms with Crippen molar-refractivity contribution in [3.05, 3.63) is 48.5 Å². The number of halogens is 1. The van der Waals surface area contributed by atoms with Gasteiger partial charge in [-0.25, -0.2) is 4.68 Å². The summed E-state index contributed by atoms with van der Waals surface area (Å²) in [6.07, 6.45) is 0.817. The highest BCUT2D eigenvalue weighted by atomic mass is 79.9. The average molecular weight is 642 g/mol. The Bertz CT molecular complexity index is 1480. The number of amides is 3. The smallest absolute Gasteiger partial charge is 0.247 e. The second-order valence-corrected chi connectivity index (χ2v) is 12.0. The monoisotopic (exact) mass is 640 g/mol. The Morgan fingerprint density at radius 2 is 1.95 bits per heavy atom. The standard InChI is InChI=1S/C29H33BrN6O6/c1-2-41-18-11-9-17(10-12-18)32-26(38)22-23-28(40)35(13-5-6-14-37)25(29(23)15-19(30)24(22)42-29)27(39)31-16-36-21-8-4-3-7-20(21)33-34-36/h3-4,7-12,19,22-25,37H,2,5-6,13-16H2,1H3,(H,31,39)(H,32,38)/t19?,22-,23-,24-,25?,29?/m0/s1. The van der Waals surface area contributed by atoms with Gasteiger partial charge in [-0.2, -0.15) is 0 Å². The number of hydrogen-bond donors (Lipinski definition) is 3. The molecule has 3 unspecified atom stereocenters. The quantitative estimate of drug-likeness (QED) is 0.213. The predicted molar refractivity (Wildman–Crippen MR) is 156 cm³/mol. The number of nitrogens with one attached hydrogen (secondary N) is 2. The molecular weight excluding hydrogens is 608 g/mol. The minimum absolute atomic E-state index is 0.0258. The first kappa shape index (κ1) is 28.6. The summed E-state index contributed by atoms with van der Waals surface area (Å²) >= 11 is 3.69. The van der Waals surface area contributed by atoms with Crippen molar-refractivity contribution in [2.24, 2.45) is 11.8 Å². The van der Waals surface area contributed by atoms with Crippen LogP contribution in [0.3, 0.4) is 0 Å². The maximum atomic E-state index is 14.0. The highest BCUT2D eigenvalue weighted by molar-refractivity contribution is 9.09. The van der Waals surface area contributed by atoms with Crippen LogP contribution in [0.5, 0.6) is 5.75 Å². The fraction of sp³-hybridized carbons (Fsp3) is 0.483. The van der Waals surface area contributed by atoms with Gasteiger partial charge in [0, 0.05) is 23.7 Å². The number of aromatic nitrogens is 3. The summed E-state index contributed by atoms with van der Waals surface area (Å²) < 4.78 is 13.6. The van der Waals surface area contributed by atoms with Crippen LogP contribution in [-0.2, 0) is 25.8 Å². The lowest BCUT2D eigenvalue weighted by Crippen LogP contribution is -2.56.